The van der Waals surface area contributed by atoms with Crippen molar-refractivity contribution in [3.8, 4) is 6.07 Å². The lowest BCUT2D eigenvalue weighted by Crippen LogP contribution is -2.30. The van der Waals surface area contributed by atoms with Crippen LogP contribution in [0.25, 0.3) is 0 Å². The Hall–Kier alpha value is -1.77. The van der Waals surface area contributed by atoms with Gasteiger partial charge in [-0.15, -0.1) is 0 Å². The SMILES string of the molecule is CN(CC(=O)Nc1cc(Cl)ccc1C#N)Cc1cccc(Cl)c1Cl. The van der Waals surface area contributed by atoms with E-state index in [0.717, 1.165) is 5.56 Å². The highest BCUT2D eigenvalue weighted by Gasteiger charge is 2.12. The first-order chi connectivity index (χ1) is 11.4. The number of nitrogens with one attached hydrogen (secondary N) is 1. The Morgan fingerprint density at radius 3 is 2.71 bits per heavy atom. The molecule has 0 fully saturated rings. The van der Waals surface area contributed by atoms with E-state index >= 15 is 0 Å². The number of anilines is 1. The van der Waals surface area contributed by atoms with Gasteiger partial charge in [0.05, 0.1) is 27.8 Å². The van der Waals surface area contributed by atoms with Crippen LogP contribution in [0.4, 0.5) is 5.69 Å². The molecule has 0 bridgehead atoms. The monoisotopic (exact) mass is 381 g/mol. The topological polar surface area (TPSA) is 56.1 Å². The first-order valence-corrected chi connectivity index (χ1v) is 8.15. The van der Waals surface area contributed by atoms with Crippen molar-refractivity contribution in [1.82, 2.24) is 4.90 Å². The number of nitrogens with zero attached hydrogens (tertiary/aromatic N) is 2. The minimum Gasteiger partial charge on any atom is -0.324 e. The van der Waals surface area contributed by atoms with E-state index in [0.29, 0.717) is 32.9 Å². The number of hydrogen-bond acceptors (Lipinski definition) is 3. The summed E-state index contributed by atoms with van der Waals surface area (Å²) < 4.78 is 0. The highest BCUT2D eigenvalue weighted by atomic mass is 35.5. The Balaban J connectivity index is 2.01. The first kappa shape index (κ1) is 18.6. The van der Waals surface area contributed by atoms with Gasteiger partial charge in [-0.3, -0.25) is 9.69 Å². The van der Waals surface area contributed by atoms with Crippen LogP contribution in [0, 0.1) is 11.3 Å². The Morgan fingerprint density at radius 2 is 2.00 bits per heavy atom. The van der Waals surface area contributed by atoms with Gasteiger partial charge in [-0.1, -0.05) is 46.9 Å². The number of amides is 1. The third-order valence-electron chi connectivity index (χ3n) is 3.26. The van der Waals surface area contributed by atoms with Crippen LogP contribution in [-0.4, -0.2) is 24.4 Å². The van der Waals surface area contributed by atoms with Crippen LogP contribution in [0.1, 0.15) is 11.1 Å². The molecule has 24 heavy (non-hydrogen) atoms. The number of benzene rings is 2. The van der Waals surface area contributed by atoms with Crippen LogP contribution in [0.15, 0.2) is 36.4 Å². The molecule has 0 radical (unpaired) electrons. The van der Waals surface area contributed by atoms with Gasteiger partial charge in [0.1, 0.15) is 6.07 Å². The standard InChI is InChI=1S/C17H14Cl3N3O/c1-23(9-12-3-2-4-14(19)17(12)20)10-16(24)22-15-7-13(18)6-5-11(15)8-21/h2-7H,9-10H2,1H3,(H,22,24). The molecule has 1 amide bonds. The van der Waals surface area contributed by atoms with E-state index in [4.69, 9.17) is 40.1 Å². The van der Waals surface area contributed by atoms with E-state index in [9.17, 15) is 4.79 Å². The van der Waals surface area contributed by atoms with Crippen molar-refractivity contribution in [1.29, 1.82) is 5.26 Å². The van der Waals surface area contributed by atoms with E-state index in [1.165, 1.54) is 0 Å². The predicted molar refractivity (Wildman–Crippen MR) is 97.6 cm³/mol. The number of hydrogen-bond donors (Lipinski definition) is 1. The fraction of sp³-hybridized carbons (Fsp3) is 0.176. The van der Waals surface area contributed by atoms with Crippen molar-refractivity contribution in [2.45, 2.75) is 6.54 Å². The Labute approximate surface area is 155 Å². The molecule has 0 atom stereocenters. The summed E-state index contributed by atoms with van der Waals surface area (Å²) in [6.45, 7) is 0.591. The van der Waals surface area contributed by atoms with Crippen molar-refractivity contribution in [2.75, 3.05) is 18.9 Å². The minimum atomic E-state index is -0.255. The highest BCUT2D eigenvalue weighted by Crippen LogP contribution is 2.26. The first-order valence-electron chi connectivity index (χ1n) is 7.01. The van der Waals surface area contributed by atoms with Crippen LogP contribution >= 0.6 is 34.8 Å². The Bertz CT molecular complexity index is 802. The molecule has 4 nitrogen and oxygen atoms in total. The van der Waals surface area contributed by atoms with Crippen molar-refractivity contribution in [2.24, 2.45) is 0 Å². The molecular formula is C17H14Cl3N3O. The molecule has 0 spiro atoms. The molecule has 0 heterocycles. The highest BCUT2D eigenvalue weighted by molar-refractivity contribution is 6.42. The zero-order valence-electron chi connectivity index (χ0n) is 12.8. The lowest BCUT2D eigenvalue weighted by molar-refractivity contribution is -0.117. The maximum Gasteiger partial charge on any atom is 0.238 e. The lowest BCUT2D eigenvalue weighted by atomic mass is 10.2. The average molecular weight is 383 g/mol. The fourth-order valence-electron chi connectivity index (χ4n) is 2.17. The van der Waals surface area contributed by atoms with Gasteiger partial charge in [0.2, 0.25) is 5.91 Å². The molecule has 0 aliphatic rings. The van der Waals surface area contributed by atoms with E-state index in [1.54, 1.807) is 36.2 Å². The quantitative estimate of drug-likeness (QED) is 0.823. The largest absolute Gasteiger partial charge is 0.324 e. The second-order valence-electron chi connectivity index (χ2n) is 5.24. The molecule has 1 N–H and O–H groups in total. The number of carbonyl (C=O) groups is 1. The maximum atomic E-state index is 12.2. The molecule has 0 aliphatic heterocycles. The van der Waals surface area contributed by atoms with E-state index < -0.39 is 0 Å². The van der Waals surface area contributed by atoms with Gasteiger partial charge in [0, 0.05) is 11.6 Å². The predicted octanol–water partition coefficient (Wildman–Crippen LogP) is 4.59. The Kier molecular flexibility index (Phi) is 6.47. The fourth-order valence-corrected chi connectivity index (χ4v) is 2.72. The van der Waals surface area contributed by atoms with Crippen molar-refractivity contribution >= 4 is 46.4 Å². The number of halogens is 3. The lowest BCUT2D eigenvalue weighted by Gasteiger charge is -2.17. The summed E-state index contributed by atoms with van der Waals surface area (Å²) in [5, 5.41) is 13.2. The molecule has 2 aromatic carbocycles. The third kappa shape index (κ3) is 4.86. The van der Waals surface area contributed by atoms with Crippen LogP contribution < -0.4 is 5.32 Å². The Morgan fingerprint density at radius 1 is 1.25 bits per heavy atom. The molecule has 124 valence electrons. The van der Waals surface area contributed by atoms with Gasteiger partial charge in [-0.2, -0.15) is 5.26 Å². The summed E-state index contributed by atoms with van der Waals surface area (Å²) in [7, 11) is 1.79. The smallest absolute Gasteiger partial charge is 0.238 e. The van der Waals surface area contributed by atoms with Crippen LogP contribution in [0.5, 0.6) is 0 Å². The molecule has 0 aromatic heterocycles. The second kappa shape index (κ2) is 8.36. The zero-order chi connectivity index (χ0) is 17.7. The van der Waals surface area contributed by atoms with Gasteiger partial charge in [-0.25, -0.2) is 0 Å². The van der Waals surface area contributed by atoms with E-state index in [-0.39, 0.29) is 12.5 Å². The summed E-state index contributed by atoms with van der Waals surface area (Å²) >= 11 is 18.0. The molecular weight excluding hydrogens is 369 g/mol. The molecule has 2 aromatic rings. The average Bonchev–Trinajstić information content (AvgIpc) is 2.52. The molecule has 7 heteroatoms. The van der Waals surface area contributed by atoms with Crippen LogP contribution in [-0.2, 0) is 11.3 Å². The third-order valence-corrected chi connectivity index (χ3v) is 4.35. The normalized spacial score (nSPS) is 10.5. The van der Waals surface area contributed by atoms with Crippen molar-refractivity contribution in [3.05, 3.63) is 62.6 Å². The number of carbonyl (C=O) groups excluding carboxylic acids is 1. The number of likely N-dealkylation sites (N-methyl/N-ethyl adjacent to an activating group) is 1. The van der Waals surface area contributed by atoms with Gasteiger partial charge < -0.3 is 5.32 Å². The van der Waals surface area contributed by atoms with E-state index in [2.05, 4.69) is 5.32 Å². The molecule has 2 rings (SSSR count). The van der Waals surface area contributed by atoms with Gasteiger partial charge in [0.25, 0.3) is 0 Å². The molecule has 0 aliphatic carbocycles. The summed E-state index contributed by atoms with van der Waals surface area (Å²) in [6.07, 6.45) is 0. The summed E-state index contributed by atoms with van der Waals surface area (Å²) in [6, 6.07) is 12.1. The van der Waals surface area contributed by atoms with Crippen LogP contribution in [0.2, 0.25) is 15.1 Å². The second-order valence-corrected chi connectivity index (χ2v) is 6.46. The summed E-state index contributed by atoms with van der Waals surface area (Å²) in [4.78, 5) is 14.0. The van der Waals surface area contributed by atoms with Crippen molar-refractivity contribution in [3.63, 3.8) is 0 Å². The van der Waals surface area contributed by atoms with Gasteiger partial charge in [0.15, 0.2) is 0 Å². The molecule has 0 unspecified atom stereocenters. The molecule has 0 saturated heterocycles. The molecule has 0 saturated carbocycles. The number of nitriles is 1. The minimum absolute atomic E-state index is 0.125. The van der Waals surface area contributed by atoms with E-state index in [1.807, 2.05) is 18.2 Å². The zero-order valence-corrected chi connectivity index (χ0v) is 15.1. The summed E-state index contributed by atoms with van der Waals surface area (Å²) in [5.74, 6) is -0.255. The van der Waals surface area contributed by atoms with Crippen LogP contribution in [0.3, 0.4) is 0 Å². The summed E-state index contributed by atoms with van der Waals surface area (Å²) in [5.41, 5.74) is 1.58. The van der Waals surface area contributed by atoms with Gasteiger partial charge in [-0.05, 0) is 36.9 Å². The van der Waals surface area contributed by atoms with Gasteiger partial charge >= 0.3 is 0 Å². The number of rotatable bonds is 5. The van der Waals surface area contributed by atoms with Crippen molar-refractivity contribution < 1.29 is 4.79 Å². The maximum absolute atomic E-state index is 12.2.